The number of methoxy groups -OCH3 is 2. The molecular weight excluding hydrogens is 218 g/mol. The second-order valence-corrected chi connectivity index (χ2v) is 3.97. The number of benzene rings is 1. The third kappa shape index (κ3) is 2.16. The van der Waals surface area contributed by atoms with Gasteiger partial charge in [-0.1, -0.05) is 0 Å². The molecule has 1 aromatic carbocycles. The van der Waals surface area contributed by atoms with Crippen LogP contribution in [0.3, 0.4) is 0 Å². The van der Waals surface area contributed by atoms with Gasteiger partial charge in [-0.25, -0.2) is 0 Å². The number of hydrogen-bond donors (Lipinski definition) is 0. The topological polar surface area (TPSA) is 47.9 Å². The van der Waals surface area contributed by atoms with E-state index in [0.29, 0.717) is 0 Å². The van der Waals surface area contributed by atoms with E-state index in [2.05, 4.69) is 4.99 Å². The van der Waals surface area contributed by atoms with Gasteiger partial charge in [-0.3, -0.25) is 9.79 Å². The highest BCUT2D eigenvalue weighted by Gasteiger charge is 2.18. The number of rotatable bonds is 3. The van der Waals surface area contributed by atoms with E-state index in [-0.39, 0.29) is 18.4 Å². The van der Waals surface area contributed by atoms with E-state index in [9.17, 15) is 4.79 Å². The summed E-state index contributed by atoms with van der Waals surface area (Å²) in [5.74, 6) is 0.535. The molecule has 1 aromatic rings. The Labute approximate surface area is 99.6 Å². The maximum absolute atomic E-state index is 11.4. The van der Waals surface area contributed by atoms with E-state index in [4.69, 9.17) is 9.47 Å². The number of ether oxygens (including phenoxy) is 2. The van der Waals surface area contributed by atoms with Gasteiger partial charge in [-0.15, -0.1) is 0 Å². The summed E-state index contributed by atoms with van der Waals surface area (Å²) >= 11 is 0. The van der Waals surface area contributed by atoms with Gasteiger partial charge in [0.15, 0.2) is 0 Å². The average Bonchev–Trinajstić information content (AvgIpc) is 2.65. The molecular formula is C13H15NO3. The monoisotopic (exact) mass is 233 g/mol. The van der Waals surface area contributed by atoms with Crippen molar-refractivity contribution in [1.82, 2.24) is 0 Å². The highest BCUT2D eigenvalue weighted by Crippen LogP contribution is 2.15. The summed E-state index contributed by atoms with van der Waals surface area (Å²) in [5, 5.41) is 1.90. The first kappa shape index (κ1) is 11.6. The summed E-state index contributed by atoms with van der Waals surface area (Å²) in [6.45, 7) is 1.98. The number of fused-ring (bicyclic) bond motifs is 1. The fourth-order valence-electron chi connectivity index (χ4n) is 1.99. The molecule has 0 amide bonds. The molecule has 0 N–H and O–H groups in total. The van der Waals surface area contributed by atoms with Gasteiger partial charge in [-0.05, 0) is 30.7 Å². The lowest BCUT2D eigenvalue weighted by atomic mass is 10.0. The van der Waals surface area contributed by atoms with Gasteiger partial charge in [0.2, 0.25) is 0 Å². The molecule has 4 heteroatoms. The highest BCUT2D eigenvalue weighted by atomic mass is 16.5. The standard InChI is InChI=1S/C13H15NO3/c1-8-10(7-13(15)17-3)11-6-9(16-2)4-5-12(11)14-8/h4-6,8H,7H2,1-3H3/t8-/m1/s1. The van der Waals surface area contributed by atoms with Crippen molar-refractivity contribution in [1.29, 1.82) is 0 Å². The maximum atomic E-state index is 11.4. The molecule has 0 aliphatic carbocycles. The minimum Gasteiger partial charge on any atom is -0.497 e. The Bertz CT molecular complexity index is 563. The van der Waals surface area contributed by atoms with Crippen molar-refractivity contribution in [3.05, 3.63) is 28.8 Å². The molecule has 0 saturated carbocycles. The van der Waals surface area contributed by atoms with Crippen LogP contribution in [0.25, 0.3) is 5.57 Å². The number of esters is 1. The van der Waals surface area contributed by atoms with Gasteiger partial charge in [0.05, 0.1) is 32.0 Å². The molecule has 0 unspecified atom stereocenters. The molecule has 0 fully saturated rings. The lowest BCUT2D eigenvalue weighted by molar-refractivity contribution is -0.139. The molecule has 4 nitrogen and oxygen atoms in total. The number of carbonyl (C=O) groups excluding carboxylic acids is 1. The molecule has 1 heterocycles. The average molecular weight is 233 g/mol. The molecule has 0 radical (unpaired) electrons. The summed E-state index contributed by atoms with van der Waals surface area (Å²) in [6, 6.07) is 5.72. The van der Waals surface area contributed by atoms with Crippen molar-refractivity contribution < 1.29 is 14.3 Å². The van der Waals surface area contributed by atoms with Crippen LogP contribution < -0.4 is 15.3 Å². The molecule has 1 aliphatic rings. The molecule has 0 bridgehead atoms. The number of carbonyl (C=O) groups is 1. The Kier molecular flexibility index (Phi) is 3.13. The van der Waals surface area contributed by atoms with E-state index in [1.165, 1.54) is 7.11 Å². The third-order valence-electron chi connectivity index (χ3n) is 2.95. The molecule has 0 saturated heterocycles. The largest absolute Gasteiger partial charge is 0.497 e. The predicted molar refractivity (Wildman–Crippen MR) is 63.3 cm³/mol. The van der Waals surface area contributed by atoms with Gasteiger partial charge >= 0.3 is 5.97 Å². The van der Waals surface area contributed by atoms with E-state index in [1.807, 2.05) is 25.1 Å². The zero-order valence-corrected chi connectivity index (χ0v) is 10.2. The van der Waals surface area contributed by atoms with Gasteiger partial charge in [0.1, 0.15) is 5.75 Å². The zero-order chi connectivity index (χ0) is 12.4. The lowest BCUT2D eigenvalue weighted by Crippen LogP contribution is -2.24. The Balaban J connectivity index is 2.52. The number of hydrogen-bond acceptors (Lipinski definition) is 4. The van der Waals surface area contributed by atoms with Crippen LogP contribution in [-0.4, -0.2) is 26.2 Å². The second-order valence-electron chi connectivity index (χ2n) is 3.97. The first-order valence-corrected chi connectivity index (χ1v) is 5.47. The summed E-state index contributed by atoms with van der Waals surface area (Å²) in [4.78, 5) is 15.9. The van der Waals surface area contributed by atoms with Gasteiger partial charge in [0, 0.05) is 5.22 Å². The van der Waals surface area contributed by atoms with Crippen molar-refractivity contribution in [3.8, 4) is 5.75 Å². The first-order chi connectivity index (χ1) is 8.15. The summed E-state index contributed by atoms with van der Waals surface area (Å²) < 4.78 is 9.88. The van der Waals surface area contributed by atoms with Crippen molar-refractivity contribution in [2.45, 2.75) is 19.4 Å². The Morgan fingerprint density at radius 2 is 2.18 bits per heavy atom. The van der Waals surface area contributed by atoms with E-state index in [0.717, 1.165) is 21.9 Å². The first-order valence-electron chi connectivity index (χ1n) is 5.47. The van der Waals surface area contributed by atoms with Crippen LogP contribution in [0.5, 0.6) is 5.75 Å². The third-order valence-corrected chi connectivity index (χ3v) is 2.95. The van der Waals surface area contributed by atoms with Crippen molar-refractivity contribution in [2.24, 2.45) is 4.99 Å². The normalized spacial score (nSPS) is 17.4. The number of nitrogens with zero attached hydrogens (tertiary/aromatic N) is 1. The Hall–Kier alpha value is -1.84. The van der Waals surface area contributed by atoms with Crippen LogP contribution in [0.4, 0.5) is 0 Å². The Morgan fingerprint density at radius 3 is 2.82 bits per heavy atom. The zero-order valence-electron chi connectivity index (χ0n) is 10.2. The summed E-state index contributed by atoms with van der Waals surface area (Å²) in [7, 11) is 3.02. The summed E-state index contributed by atoms with van der Waals surface area (Å²) in [6.07, 6.45) is 0.279. The van der Waals surface area contributed by atoms with Crippen molar-refractivity contribution in [2.75, 3.05) is 14.2 Å². The van der Waals surface area contributed by atoms with Crippen molar-refractivity contribution in [3.63, 3.8) is 0 Å². The van der Waals surface area contributed by atoms with Gasteiger partial charge in [-0.2, -0.15) is 0 Å². The quantitative estimate of drug-likeness (QED) is 0.711. The van der Waals surface area contributed by atoms with Crippen LogP contribution in [0.2, 0.25) is 0 Å². The van der Waals surface area contributed by atoms with Crippen LogP contribution in [0.1, 0.15) is 13.3 Å². The minimum atomic E-state index is -0.238. The predicted octanol–water partition coefficient (Wildman–Crippen LogP) is 0.431. The van der Waals surface area contributed by atoms with E-state index >= 15 is 0 Å². The fraction of sp³-hybridized carbons (Fsp3) is 0.385. The molecule has 0 aromatic heterocycles. The second kappa shape index (κ2) is 4.57. The van der Waals surface area contributed by atoms with Crippen LogP contribution in [0, 0.1) is 0 Å². The fourth-order valence-corrected chi connectivity index (χ4v) is 1.99. The molecule has 1 aliphatic heterocycles. The molecule has 17 heavy (non-hydrogen) atoms. The van der Waals surface area contributed by atoms with Gasteiger partial charge in [0.25, 0.3) is 0 Å². The van der Waals surface area contributed by atoms with Crippen LogP contribution >= 0.6 is 0 Å². The Morgan fingerprint density at radius 1 is 1.41 bits per heavy atom. The van der Waals surface area contributed by atoms with E-state index < -0.39 is 0 Å². The lowest BCUT2D eigenvalue weighted by Gasteiger charge is -2.06. The maximum Gasteiger partial charge on any atom is 0.309 e. The van der Waals surface area contributed by atoms with E-state index in [1.54, 1.807) is 7.11 Å². The van der Waals surface area contributed by atoms with Crippen LogP contribution in [-0.2, 0) is 9.53 Å². The molecule has 2 rings (SSSR count). The minimum absolute atomic E-state index is 0.0243. The molecule has 1 atom stereocenters. The van der Waals surface area contributed by atoms with Crippen LogP contribution in [0.15, 0.2) is 23.2 Å². The van der Waals surface area contributed by atoms with Gasteiger partial charge < -0.3 is 9.47 Å². The van der Waals surface area contributed by atoms with Crippen molar-refractivity contribution >= 4 is 11.5 Å². The molecule has 0 spiro atoms. The summed E-state index contributed by atoms with van der Waals surface area (Å²) in [5.41, 5.74) is 0.991. The smallest absolute Gasteiger partial charge is 0.309 e. The molecule has 90 valence electrons. The SMILES string of the molecule is COC(=O)CC1=c2cc(OC)ccc2=N[C@@H]1C. The highest BCUT2D eigenvalue weighted by molar-refractivity contribution is 5.81.